The Balaban J connectivity index is 3.82. The van der Waals surface area contributed by atoms with E-state index in [0.717, 1.165) is 6.42 Å². The summed E-state index contributed by atoms with van der Waals surface area (Å²) >= 11 is 0. The van der Waals surface area contributed by atoms with Crippen LogP contribution in [0.15, 0.2) is 17.9 Å². The van der Waals surface area contributed by atoms with Crippen LogP contribution in [-0.4, -0.2) is 17.3 Å². The molecule has 0 aromatic rings. The zero-order valence-corrected chi connectivity index (χ0v) is 7.04. The predicted octanol–water partition coefficient (Wildman–Crippen LogP) is 2.24. The molecule has 0 radical (unpaired) electrons. The van der Waals surface area contributed by atoms with Crippen LogP contribution in [0.1, 0.15) is 27.2 Å². The van der Waals surface area contributed by atoms with Crippen molar-refractivity contribution in [3.8, 4) is 0 Å². The van der Waals surface area contributed by atoms with E-state index in [2.05, 4.69) is 32.5 Å². The molecule has 0 aliphatic carbocycles. The lowest BCUT2D eigenvalue weighted by Crippen LogP contribution is -2.18. The Morgan fingerprint density at radius 1 is 1.60 bits per heavy atom. The molecule has 0 N–H and O–H groups in total. The van der Waals surface area contributed by atoms with Crippen molar-refractivity contribution in [3.05, 3.63) is 12.8 Å². The molecule has 0 heterocycles. The first kappa shape index (κ1) is 9.21. The molecule has 2 nitrogen and oxygen atoms in total. The Labute approximate surface area is 63.2 Å². The summed E-state index contributed by atoms with van der Waals surface area (Å²) < 4.78 is 0. The summed E-state index contributed by atoms with van der Waals surface area (Å²) in [6.07, 6.45) is 4.58. The van der Waals surface area contributed by atoms with Gasteiger partial charge in [-0.05, 0) is 20.3 Å². The lowest BCUT2D eigenvalue weighted by molar-refractivity contribution is 0.330. The summed E-state index contributed by atoms with van der Waals surface area (Å²) in [4.78, 5) is 0. The quantitative estimate of drug-likeness (QED) is 0.432. The van der Waals surface area contributed by atoms with Crippen LogP contribution in [0.4, 0.5) is 0 Å². The van der Waals surface area contributed by atoms with E-state index in [1.54, 1.807) is 6.20 Å². The lowest BCUT2D eigenvalue weighted by Gasteiger charge is -2.17. The van der Waals surface area contributed by atoms with E-state index in [0.29, 0.717) is 6.04 Å². The number of rotatable bonds is 4. The average Bonchev–Trinajstić information content (AvgIpc) is 1.89. The Morgan fingerprint density at radius 3 is 2.50 bits per heavy atom. The van der Waals surface area contributed by atoms with Crippen LogP contribution in [0.3, 0.4) is 0 Å². The second kappa shape index (κ2) is 5.03. The van der Waals surface area contributed by atoms with Gasteiger partial charge in [-0.15, -0.1) is 0 Å². The molecule has 0 aliphatic heterocycles. The second-order valence-electron chi connectivity index (χ2n) is 2.36. The van der Waals surface area contributed by atoms with Crippen LogP contribution >= 0.6 is 0 Å². The SMILES string of the molecule is C=CN(/N=C/CC)C(C)C. The highest BCUT2D eigenvalue weighted by Crippen LogP contribution is 1.97. The Kier molecular flexibility index (Phi) is 4.63. The van der Waals surface area contributed by atoms with E-state index in [9.17, 15) is 0 Å². The van der Waals surface area contributed by atoms with Crippen LogP contribution in [0.25, 0.3) is 0 Å². The molecule has 0 spiro atoms. The largest absolute Gasteiger partial charge is 0.271 e. The fourth-order valence-electron chi connectivity index (χ4n) is 0.567. The first-order valence-electron chi connectivity index (χ1n) is 3.65. The van der Waals surface area contributed by atoms with Gasteiger partial charge in [-0.1, -0.05) is 13.5 Å². The van der Waals surface area contributed by atoms with Gasteiger partial charge in [0.05, 0.1) is 0 Å². The summed E-state index contributed by atoms with van der Waals surface area (Å²) in [6, 6.07) is 0.403. The summed E-state index contributed by atoms with van der Waals surface area (Å²) in [5.41, 5.74) is 0. The predicted molar refractivity (Wildman–Crippen MR) is 46.0 cm³/mol. The molecule has 0 fully saturated rings. The number of nitrogens with zero attached hydrogens (tertiary/aromatic N) is 2. The van der Waals surface area contributed by atoms with Crippen molar-refractivity contribution in [3.63, 3.8) is 0 Å². The maximum atomic E-state index is 4.15. The highest BCUT2D eigenvalue weighted by atomic mass is 15.4. The van der Waals surface area contributed by atoms with E-state index in [1.165, 1.54) is 0 Å². The second-order valence-corrected chi connectivity index (χ2v) is 2.36. The number of hydrogen-bond acceptors (Lipinski definition) is 2. The molecule has 0 saturated carbocycles. The van der Waals surface area contributed by atoms with Crippen LogP contribution in [0.5, 0.6) is 0 Å². The van der Waals surface area contributed by atoms with Crippen molar-refractivity contribution < 1.29 is 0 Å². The summed E-state index contributed by atoms with van der Waals surface area (Å²) in [7, 11) is 0. The van der Waals surface area contributed by atoms with Gasteiger partial charge in [-0.25, -0.2) is 0 Å². The van der Waals surface area contributed by atoms with Crippen molar-refractivity contribution >= 4 is 6.21 Å². The molecule has 0 aliphatic rings. The van der Waals surface area contributed by atoms with Crippen molar-refractivity contribution in [1.29, 1.82) is 0 Å². The fourth-order valence-corrected chi connectivity index (χ4v) is 0.567. The molecule has 0 atom stereocenters. The first-order chi connectivity index (χ1) is 4.72. The molecule has 10 heavy (non-hydrogen) atoms. The van der Waals surface area contributed by atoms with Gasteiger partial charge in [0.15, 0.2) is 0 Å². The van der Waals surface area contributed by atoms with Gasteiger partial charge in [0.1, 0.15) is 0 Å². The van der Waals surface area contributed by atoms with E-state index in [1.807, 2.05) is 11.2 Å². The Morgan fingerprint density at radius 2 is 2.20 bits per heavy atom. The van der Waals surface area contributed by atoms with Gasteiger partial charge in [0.25, 0.3) is 0 Å². The molecule has 0 aromatic carbocycles. The van der Waals surface area contributed by atoms with Crippen molar-refractivity contribution in [2.24, 2.45) is 5.10 Å². The Hall–Kier alpha value is -0.790. The normalized spacial score (nSPS) is 10.8. The standard InChI is InChI=1S/C8H16N2/c1-5-7-9-10(6-2)8(3)4/h6-8H,2,5H2,1,3-4H3/b9-7+. The lowest BCUT2D eigenvalue weighted by atomic mass is 10.4. The van der Waals surface area contributed by atoms with E-state index >= 15 is 0 Å². The topological polar surface area (TPSA) is 15.6 Å². The van der Waals surface area contributed by atoms with Gasteiger partial charge < -0.3 is 0 Å². The third-order valence-corrected chi connectivity index (χ3v) is 1.11. The molecule has 58 valence electrons. The summed E-state index contributed by atoms with van der Waals surface area (Å²) in [5.74, 6) is 0. The minimum absolute atomic E-state index is 0.403. The summed E-state index contributed by atoms with van der Waals surface area (Å²) in [5, 5.41) is 5.99. The summed E-state index contributed by atoms with van der Waals surface area (Å²) in [6.45, 7) is 9.86. The van der Waals surface area contributed by atoms with Crippen LogP contribution in [-0.2, 0) is 0 Å². The zero-order chi connectivity index (χ0) is 7.98. The molecular formula is C8H16N2. The van der Waals surface area contributed by atoms with Crippen LogP contribution < -0.4 is 0 Å². The van der Waals surface area contributed by atoms with Gasteiger partial charge in [0.2, 0.25) is 0 Å². The first-order valence-corrected chi connectivity index (χ1v) is 3.65. The van der Waals surface area contributed by atoms with Crippen LogP contribution in [0, 0.1) is 0 Å². The van der Waals surface area contributed by atoms with Crippen molar-refractivity contribution in [2.75, 3.05) is 0 Å². The minimum atomic E-state index is 0.403. The minimum Gasteiger partial charge on any atom is -0.271 e. The number of hydrazone groups is 1. The third kappa shape index (κ3) is 3.28. The number of hydrogen-bond donors (Lipinski definition) is 0. The van der Waals surface area contributed by atoms with Gasteiger partial charge in [0, 0.05) is 18.5 Å². The maximum absolute atomic E-state index is 4.15. The van der Waals surface area contributed by atoms with Crippen molar-refractivity contribution in [2.45, 2.75) is 33.2 Å². The van der Waals surface area contributed by atoms with E-state index in [-0.39, 0.29) is 0 Å². The monoisotopic (exact) mass is 140 g/mol. The highest BCUT2D eigenvalue weighted by molar-refractivity contribution is 5.56. The van der Waals surface area contributed by atoms with Gasteiger partial charge in [-0.3, -0.25) is 5.01 Å². The molecule has 0 bridgehead atoms. The van der Waals surface area contributed by atoms with E-state index in [4.69, 9.17) is 0 Å². The molecular weight excluding hydrogens is 124 g/mol. The molecule has 0 aromatic heterocycles. The van der Waals surface area contributed by atoms with E-state index < -0.39 is 0 Å². The van der Waals surface area contributed by atoms with Gasteiger partial charge >= 0.3 is 0 Å². The molecule has 2 heteroatoms. The van der Waals surface area contributed by atoms with Gasteiger partial charge in [-0.2, -0.15) is 5.10 Å². The maximum Gasteiger partial charge on any atom is 0.0462 e. The smallest absolute Gasteiger partial charge is 0.0462 e. The highest BCUT2D eigenvalue weighted by Gasteiger charge is 1.97. The zero-order valence-electron chi connectivity index (χ0n) is 7.04. The van der Waals surface area contributed by atoms with Crippen molar-refractivity contribution in [1.82, 2.24) is 5.01 Å². The Bertz CT molecular complexity index is 116. The molecule has 0 saturated heterocycles. The fraction of sp³-hybridized carbons (Fsp3) is 0.625. The molecule has 0 unspecified atom stereocenters. The third-order valence-electron chi connectivity index (χ3n) is 1.11. The van der Waals surface area contributed by atoms with Crippen LogP contribution in [0.2, 0.25) is 0 Å². The molecule has 0 amide bonds. The average molecular weight is 140 g/mol. The molecule has 0 rings (SSSR count).